The molecule has 0 amide bonds. The second kappa shape index (κ2) is 6.38. The molecule has 0 saturated carbocycles. The van der Waals surface area contributed by atoms with Crippen molar-refractivity contribution in [1.29, 1.82) is 0 Å². The van der Waals surface area contributed by atoms with E-state index in [-0.39, 0.29) is 5.92 Å². The zero-order chi connectivity index (χ0) is 14.0. The summed E-state index contributed by atoms with van der Waals surface area (Å²) >= 11 is 3.86. The summed E-state index contributed by atoms with van der Waals surface area (Å²) < 4.78 is 25.8. The summed E-state index contributed by atoms with van der Waals surface area (Å²) in [6, 6.07) is 1.99. The first-order chi connectivity index (χ1) is 8.86. The van der Waals surface area contributed by atoms with Crippen molar-refractivity contribution < 1.29 is 13.5 Å². The van der Waals surface area contributed by atoms with E-state index in [0.29, 0.717) is 19.5 Å². The molecule has 2 unspecified atom stereocenters. The molecule has 0 spiro atoms. The van der Waals surface area contributed by atoms with E-state index in [2.05, 4.69) is 22.6 Å². The van der Waals surface area contributed by atoms with E-state index in [4.69, 9.17) is 0 Å². The maximum Gasteiger partial charge on any atom is 0.211 e. The van der Waals surface area contributed by atoms with Crippen LogP contribution in [0.3, 0.4) is 0 Å². The quantitative estimate of drug-likeness (QED) is 0.769. The van der Waals surface area contributed by atoms with E-state index in [9.17, 15) is 13.5 Å². The molecule has 0 aliphatic carbocycles. The van der Waals surface area contributed by atoms with Gasteiger partial charge < -0.3 is 5.11 Å². The lowest BCUT2D eigenvalue weighted by molar-refractivity contribution is 0.123. The average Bonchev–Trinajstić information content (AvgIpc) is 2.75. The van der Waals surface area contributed by atoms with Crippen molar-refractivity contribution >= 4 is 44.0 Å². The molecule has 19 heavy (non-hydrogen) atoms. The summed E-state index contributed by atoms with van der Waals surface area (Å²) in [6.45, 7) is 1.15. The number of hydrogen-bond acceptors (Lipinski definition) is 4. The van der Waals surface area contributed by atoms with Crippen molar-refractivity contribution in [3.63, 3.8) is 0 Å². The van der Waals surface area contributed by atoms with Crippen LogP contribution in [0.15, 0.2) is 11.4 Å². The molecule has 1 aromatic rings. The number of aliphatic hydroxyl groups is 1. The Bertz CT molecular complexity index is 529. The Morgan fingerprint density at radius 2 is 2.37 bits per heavy atom. The minimum absolute atomic E-state index is 0.246. The van der Waals surface area contributed by atoms with Gasteiger partial charge in [-0.15, -0.1) is 11.3 Å². The summed E-state index contributed by atoms with van der Waals surface area (Å²) in [5, 5.41) is 12.2. The van der Waals surface area contributed by atoms with Gasteiger partial charge in [-0.25, -0.2) is 12.7 Å². The van der Waals surface area contributed by atoms with Gasteiger partial charge in [0.25, 0.3) is 0 Å². The summed E-state index contributed by atoms with van der Waals surface area (Å²) in [7, 11) is -3.10. The third-order valence-corrected chi connectivity index (χ3v) is 6.56. The molecule has 1 aromatic heterocycles. The summed E-state index contributed by atoms with van der Waals surface area (Å²) in [6.07, 6.45) is 3.28. The van der Waals surface area contributed by atoms with Crippen LogP contribution in [-0.4, -0.2) is 37.2 Å². The summed E-state index contributed by atoms with van der Waals surface area (Å²) in [5.41, 5.74) is 0.950. The Hall–Kier alpha value is 0.300. The maximum atomic E-state index is 11.6. The highest BCUT2D eigenvalue weighted by Crippen LogP contribution is 2.30. The van der Waals surface area contributed by atoms with Crippen molar-refractivity contribution in [1.82, 2.24) is 4.31 Å². The zero-order valence-electron chi connectivity index (χ0n) is 10.8. The van der Waals surface area contributed by atoms with Crippen molar-refractivity contribution in [3.8, 4) is 0 Å². The van der Waals surface area contributed by atoms with Gasteiger partial charge in [0.2, 0.25) is 10.0 Å². The number of aliphatic hydroxyl groups excluding tert-OH is 1. The van der Waals surface area contributed by atoms with Crippen LogP contribution in [0.5, 0.6) is 0 Å². The first-order valence-electron chi connectivity index (χ1n) is 6.23. The molecule has 0 aromatic carbocycles. The molecule has 0 radical (unpaired) electrons. The highest BCUT2D eigenvalue weighted by molar-refractivity contribution is 14.1. The molecule has 1 fully saturated rings. The Morgan fingerprint density at radius 1 is 1.63 bits per heavy atom. The van der Waals surface area contributed by atoms with Crippen LogP contribution in [0.2, 0.25) is 0 Å². The van der Waals surface area contributed by atoms with Crippen LogP contribution >= 0.6 is 33.9 Å². The molecule has 7 heteroatoms. The van der Waals surface area contributed by atoms with E-state index in [1.165, 1.54) is 10.6 Å². The minimum atomic E-state index is -3.10. The second-order valence-corrected chi connectivity index (χ2v) is 9.85. The molecular formula is C12H18INO3S2. The maximum absolute atomic E-state index is 11.6. The highest BCUT2D eigenvalue weighted by atomic mass is 127. The molecular weight excluding hydrogens is 397 g/mol. The first-order valence-corrected chi connectivity index (χ1v) is 10.0. The number of rotatable bonds is 4. The Labute approximate surface area is 132 Å². The van der Waals surface area contributed by atoms with Gasteiger partial charge in [-0.1, -0.05) is 0 Å². The number of thiophene rings is 1. The van der Waals surface area contributed by atoms with E-state index in [1.807, 2.05) is 11.4 Å². The molecule has 1 saturated heterocycles. The average molecular weight is 415 g/mol. The monoisotopic (exact) mass is 415 g/mol. The lowest BCUT2D eigenvalue weighted by Gasteiger charge is -2.31. The van der Waals surface area contributed by atoms with Crippen LogP contribution in [0.1, 0.15) is 30.9 Å². The second-order valence-electron chi connectivity index (χ2n) is 5.06. The predicted molar refractivity (Wildman–Crippen MR) is 85.8 cm³/mol. The molecule has 1 aliphatic heterocycles. The van der Waals surface area contributed by atoms with Crippen LogP contribution < -0.4 is 0 Å². The van der Waals surface area contributed by atoms with Gasteiger partial charge in [0.1, 0.15) is 0 Å². The lowest BCUT2D eigenvalue weighted by atomic mass is 9.92. The van der Waals surface area contributed by atoms with Gasteiger partial charge >= 0.3 is 0 Å². The zero-order valence-corrected chi connectivity index (χ0v) is 14.5. The van der Waals surface area contributed by atoms with Gasteiger partial charge in [-0.3, -0.25) is 0 Å². The van der Waals surface area contributed by atoms with E-state index >= 15 is 0 Å². The van der Waals surface area contributed by atoms with Crippen LogP contribution in [0.4, 0.5) is 0 Å². The number of sulfonamides is 1. The predicted octanol–water partition coefficient (Wildman–Crippen LogP) is 2.45. The summed E-state index contributed by atoms with van der Waals surface area (Å²) in [5.74, 6) is 0.246. The fourth-order valence-corrected chi connectivity index (χ4v) is 4.83. The molecule has 1 N–H and O–H groups in total. The Morgan fingerprint density at radius 3 is 2.95 bits per heavy atom. The molecule has 1 aliphatic rings. The molecule has 0 bridgehead atoms. The number of piperidine rings is 1. The first kappa shape index (κ1) is 15.7. The van der Waals surface area contributed by atoms with E-state index in [1.54, 1.807) is 11.3 Å². The molecule has 2 heterocycles. The SMILES string of the molecule is CS(=O)(=O)N1CCCC(CC(O)c2csc(I)c2)C1. The third-order valence-electron chi connectivity index (χ3n) is 3.48. The summed E-state index contributed by atoms with van der Waals surface area (Å²) in [4.78, 5) is 0. The van der Waals surface area contributed by atoms with Gasteiger partial charge in [-0.2, -0.15) is 0 Å². The van der Waals surface area contributed by atoms with Crippen LogP contribution in [0.25, 0.3) is 0 Å². The molecule has 2 atom stereocenters. The fourth-order valence-electron chi connectivity index (χ4n) is 2.47. The van der Waals surface area contributed by atoms with Crippen LogP contribution in [0, 0.1) is 8.80 Å². The van der Waals surface area contributed by atoms with Gasteiger partial charge in [0.05, 0.1) is 15.2 Å². The molecule has 2 rings (SSSR count). The normalized spacial score (nSPS) is 23.4. The van der Waals surface area contributed by atoms with Crippen molar-refractivity contribution in [2.75, 3.05) is 19.3 Å². The number of halogens is 1. The lowest BCUT2D eigenvalue weighted by Crippen LogP contribution is -2.39. The largest absolute Gasteiger partial charge is 0.388 e. The number of nitrogens with zero attached hydrogens (tertiary/aromatic N) is 1. The van der Waals surface area contributed by atoms with Crippen molar-refractivity contribution in [2.45, 2.75) is 25.4 Å². The number of hydrogen-bond donors (Lipinski definition) is 1. The Kier molecular flexibility index (Phi) is 5.27. The highest BCUT2D eigenvalue weighted by Gasteiger charge is 2.27. The Balaban J connectivity index is 1.95. The third kappa shape index (κ3) is 4.38. The fraction of sp³-hybridized carbons (Fsp3) is 0.667. The minimum Gasteiger partial charge on any atom is -0.388 e. The van der Waals surface area contributed by atoms with E-state index < -0.39 is 16.1 Å². The topological polar surface area (TPSA) is 57.6 Å². The van der Waals surface area contributed by atoms with Crippen molar-refractivity contribution in [3.05, 3.63) is 19.9 Å². The molecule has 4 nitrogen and oxygen atoms in total. The van der Waals surface area contributed by atoms with Gasteiger partial charge in [-0.05, 0) is 64.8 Å². The van der Waals surface area contributed by atoms with Gasteiger partial charge in [0, 0.05) is 13.1 Å². The van der Waals surface area contributed by atoms with E-state index in [0.717, 1.165) is 21.3 Å². The standard InChI is InChI=1S/C12H18INO3S2/c1-19(16,17)14-4-2-3-9(7-14)5-11(15)10-6-12(13)18-8-10/h6,8-9,11,15H,2-5,7H2,1H3. The van der Waals surface area contributed by atoms with Crippen LogP contribution in [-0.2, 0) is 10.0 Å². The van der Waals surface area contributed by atoms with Gasteiger partial charge in [0.15, 0.2) is 0 Å². The molecule has 108 valence electrons. The smallest absolute Gasteiger partial charge is 0.211 e. The van der Waals surface area contributed by atoms with Crippen molar-refractivity contribution in [2.24, 2.45) is 5.92 Å².